The van der Waals surface area contributed by atoms with E-state index in [1.54, 1.807) is 12.1 Å². The van der Waals surface area contributed by atoms with Crippen LogP contribution >= 0.6 is 0 Å². The summed E-state index contributed by atoms with van der Waals surface area (Å²) in [5.41, 5.74) is 6.49. The molecule has 2 aromatic rings. The van der Waals surface area contributed by atoms with Crippen LogP contribution in [0.1, 0.15) is 32.6 Å². The Balaban J connectivity index is 1.50. The first-order valence-electron chi connectivity index (χ1n) is 10.9. The number of alkyl halides is 3. The zero-order chi connectivity index (χ0) is 23.8. The largest absolute Gasteiger partial charge is 0.534 e. The van der Waals surface area contributed by atoms with Gasteiger partial charge >= 0.3 is 18.4 Å². The van der Waals surface area contributed by atoms with Crippen LogP contribution in [0.25, 0.3) is 10.9 Å². The number of piperidine rings is 2. The molecule has 1 aromatic heterocycles. The molecule has 12 heteroatoms. The molecule has 2 aliphatic rings. The van der Waals surface area contributed by atoms with Crippen LogP contribution in [0.4, 0.5) is 28.4 Å². The lowest BCUT2D eigenvalue weighted by molar-refractivity contribution is -0.183. The molecular weight excluding hydrogens is 443 g/mol. The minimum atomic E-state index is -4.28. The van der Waals surface area contributed by atoms with Crippen LogP contribution in [0.15, 0.2) is 18.2 Å². The quantitative estimate of drug-likeness (QED) is 0.523. The molecule has 0 aliphatic carbocycles. The van der Waals surface area contributed by atoms with Crippen molar-refractivity contribution in [3.63, 3.8) is 0 Å². The Morgan fingerprint density at radius 2 is 1.76 bits per heavy atom. The fourth-order valence-corrected chi connectivity index (χ4v) is 4.14. The summed E-state index contributed by atoms with van der Waals surface area (Å²) >= 11 is 0. The molecule has 180 valence electrons. The molecule has 0 atom stereocenters. The predicted molar refractivity (Wildman–Crippen MR) is 112 cm³/mol. The number of carbonyl (C=O) groups excluding carboxylic acids is 2. The number of amides is 1. The molecule has 33 heavy (non-hydrogen) atoms. The number of halogens is 3. The first-order valence-corrected chi connectivity index (χ1v) is 10.9. The van der Waals surface area contributed by atoms with Crippen molar-refractivity contribution in [1.29, 1.82) is 0 Å². The molecule has 4 rings (SSSR count). The van der Waals surface area contributed by atoms with Gasteiger partial charge in [0.05, 0.1) is 16.8 Å². The van der Waals surface area contributed by atoms with Gasteiger partial charge < -0.3 is 20.2 Å². The number of ether oxygens (including phenoxy) is 1. The number of nitrogens with two attached hydrogens (primary N) is 1. The monoisotopic (exact) mass is 469 g/mol. The van der Waals surface area contributed by atoms with Crippen LogP contribution in [0.2, 0.25) is 0 Å². The summed E-state index contributed by atoms with van der Waals surface area (Å²) in [5.74, 6) is -1.02. The highest BCUT2D eigenvalue weighted by molar-refractivity contribution is 5.95. The summed E-state index contributed by atoms with van der Waals surface area (Å²) in [4.78, 5) is 31.9. The van der Waals surface area contributed by atoms with Gasteiger partial charge in [0.15, 0.2) is 0 Å². The van der Waals surface area contributed by atoms with Gasteiger partial charge in [-0.1, -0.05) is 6.92 Å². The second kappa shape index (κ2) is 9.08. The molecule has 0 spiro atoms. The zero-order valence-electron chi connectivity index (χ0n) is 18.2. The highest BCUT2D eigenvalue weighted by Gasteiger charge is 2.42. The molecule has 9 nitrogen and oxygen atoms in total. The van der Waals surface area contributed by atoms with Gasteiger partial charge in [-0.2, -0.15) is 17.9 Å². The second-order valence-corrected chi connectivity index (χ2v) is 8.63. The van der Waals surface area contributed by atoms with Crippen LogP contribution in [-0.4, -0.2) is 64.3 Å². The maximum atomic E-state index is 13.1. The van der Waals surface area contributed by atoms with Crippen LogP contribution in [0.5, 0.6) is 5.88 Å². The standard InChI is InChI=1S/C21H26F3N5O4/c1-13-4-10-28(11-5-13)33-20(31)32-18-16-3-2-15(25)12-17(16)29(26-18)19(30)27-8-6-14(7-9-27)21(22,23)24/h2-3,12-14H,4-11,25H2,1H3. The summed E-state index contributed by atoms with van der Waals surface area (Å²) in [6, 6.07) is 4.01. The van der Waals surface area contributed by atoms with Crippen molar-refractivity contribution in [2.45, 2.75) is 38.8 Å². The number of nitrogens with zero attached hydrogens (tertiary/aromatic N) is 4. The molecule has 0 bridgehead atoms. The third-order valence-corrected chi connectivity index (χ3v) is 6.21. The van der Waals surface area contributed by atoms with E-state index in [1.807, 2.05) is 0 Å². The minimum Gasteiger partial charge on any atom is -0.399 e. The Kier molecular flexibility index (Phi) is 6.37. The molecule has 2 aliphatic heterocycles. The molecule has 0 saturated carbocycles. The van der Waals surface area contributed by atoms with Gasteiger partial charge in [-0.15, -0.1) is 10.2 Å². The van der Waals surface area contributed by atoms with Gasteiger partial charge in [0, 0.05) is 31.9 Å². The fraction of sp³-hybridized carbons (Fsp3) is 0.571. The molecule has 2 saturated heterocycles. The third kappa shape index (κ3) is 5.15. The number of rotatable bonds is 2. The van der Waals surface area contributed by atoms with E-state index in [2.05, 4.69) is 12.0 Å². The number of nitrogen functional groups attached to an aromatic ring is 1. The third-order valence-electron chi connectivity index (χ3n) is 6.21. The Hall–Kier alpha value is -3.02. The van der Waals surface area contributed by atoms with E-state index in [1.165, 1.54) is 16.0 Å². The zero-order valence-corrected chi connectivity index (χ0v) is 18.2. The Morgan fingerprint density at radius 3 is 2.39 bits per heavy atom. The normalized spacial score (nSPS) is 19.1. The summed E-state index contributed by atoms with van der Waals surface area (Å²) in [7, 11) is 0. The number of benzene rings is 1. The number of likely N-dealkylation sites (tertiary alicyclic amines) is 1. The molecule has 3 heterocycles. The summed E-state index contributed by atoms with van der Waals surface area (Å²) in [5, 5.41) is 6.00. The van der Waals surface area contributed by atoms with Gasteiger partial charge in [-0.25, -0.2) is 9.59 Å². The number of hydroxylamine groups is 2. The number of anilines is 1. The summed E-state index contributed by atoms with van der Waals surface area (Å²) < 4.78 is 45.2. The SMILES string of the molecule is CC1CCN(OC(=O)Oc2nn(C(=O)N3CCC(C(F)(F)F)CC3)c3cc(N)ccc23)CC1. The van der Waals surface area contributed by atoms with E-state index in [9.17, 15) is 22.8 Å². The number of aromatic nitrogens is 2. The Morgan fingerprint density at radius 1 is 1.09 bits per heavy atom. The van der Waals surface area contributed by atoms with Crippen molar-refractivity contribution < 1.29 is 32.3 Å². The molecular formula is C21H26F3N5O4. The van der Waals surface area contributed by atoms with Crippen LogP contribution in [0, 0.1) is 11.8 Å². The highest BCUT2D eigenvalue weighted by atomic mass is 19.4. The van der Waals surface area contributed by atoms with Crippen LogP contribution in [0.3, 0.4) is 0 Å². The predicted octanol–water partition coefficient (Wildman–Crippen LogP) is 4.02. The van der Waals surface area contributed by atoms with Gasteiger partial charge in [-0.05, 0) is 49.8 Å². The van der Waals surface area contributed by atoms with Gasteiger partial charge in [-0.3, -0.25) is 0 Å². The first kappa shape index (κ1) is 23.1. The molecule has 1 aromatic carbocycles. The highest BCUT2D eigenvalue weighted by Crippen LogP contribution is 2.35. The van der Waals surface area contributed by atoms with Crippen molar-refractivity contribution in [2.24, 2.45) is 11.8 Å². The van der Waals surface area contributed by atoms with Crippen molar-refractivity contribution >= 4 is 28.8 Å². The van der Waals surface area contributed by atoms with Crippen LogP contribution in [-0.2, 0) is 4.84 Å². The van der Waals surface area contributed by atoms with E-state index < -0.39 is 24.3 Å². The van der Waals surface area contributed by atoms with Gasteiger partial charge in [0.2, 0.25) is 0 Å². The van der Waals surface area contributed by atoms with E-state index in [-0.39, 0.29) is 37.3 Å². The van der Waals surface area contributed by atoms with Crippen molar-refractivity contribution in [2.75, 3.05) is 31.9 Å². The summed E-state index contributed by atoms with van der Waals surface area (Å²) in [6.45, 7) is 3.20. The smallest absolute Gasteiger partial charge is 0.399 e. The van der Waals surface area contributed by atoms with E-state index >= 15 is 0 Å². The number of carbonyl (C=O) groups is 2. The van der Waals surface area contributed by atoms with E-state index in [0.717, 1.165) is 17.5 Å². The average Bonchev–Trinajstić information content (AvgIpc) is 3.11. The number of fused-ring (bicyclic) bond motifs is 1. The topological polar surface area (TPSA) is 103 Å². The van der Waals surface area contributed by atoms with Crippen molar-refractivity contribution in [1.82, 2.24) is 19.7 Å². The average molecular weight is 469 g/mol. The second-order valence-electron chi connectivity index (χ2n) is 8.63. The first-order chi connectivity index (χ1) is 15.6. The molecule has 0 radical (unpaired) electrons. The minimum absolute atomic E-state index is 0.0572. The van der Waals surface area contributed by atoms with Crippen LogP contribution < -0.4 is 10.5 Å². The van der Waals surface area contributed by atoms with Gasteiger partial charge in [0.1, 0.15) is 0 Å². The summed E-state index contributed by atoms with van der Waals surface area (Å²) in [6.07, 6.45) is -3.84. The number of hydrogen-bond donors (Lipinski definition) is 1. The maximum Gasteiger partial charge on any atom is 0.534 e. The lowest BCUT2D eigenvalue weighted by Crippen LogP contribution is -2.44. The molecule has 2 fully saturated rings. The number of hydrogen-bond acceptors (Lipinski definition) is 7. The molecule has 0 unspecified atom stereocenters. The van der Waals surface area contributed by atoms with Crippen molar-refractivity contribution in [3.05, 3.63) is 18.2 Å². The van der Waals surface area contributed by atoms with Gasteiger partial charge in [0.25, 0.3) is 5.88 Å². The lowest BCUT2D eigenvalue weighted by atomic mass is 9.96. The lowest BCUT2D eigenvalue weighted by Gasteiger charge is -2.32. The maximum absolute atomic E-state index is 13.1. The molecule has 2 N–H and O–H groups in total. The Bertz CT molecular complexity index is 1020. The Labute approximate surface area is 188 Å². The van der Waals surface area contributed by atoms with E-state index in [4.69, 9.17) is 15.3 Å². The van der Waals surface area contributed by atoms with Crippen molar-refractivity contribution in [3.8, 4) is 5.88 Å². The fourth-order valence-electron chi connectivity index (χ4n) is 4.14. The molecule has 1 amide bonds. The van der Waals surface area contributed by atoms with E-state index in [0.29, 0.717) is 30.1 Å².